The number of alkyl halides is 3. The van der Waals surface area contributed by atoms with E-state index in [0.717, 1.165) is 11.3 Å². The van der Waals surface area contributed by atoms with Crippen molar-refractivity contribution in [3.8, 4) is 0 Å². The van der Waals surface area contributed by atoms with Gasteiger partial charge in [0.2, 0.25) is 5.82 Å². The quantitative estimate of drug-likeness (QED) is 0.882. The van der Waals surface area contributed by atoms with Gasteiger partial charge in [-0.05, 0) is 18.6 Å². The van der Waals surface area contributed by atoms with Crippen molar-refractivity contribution >= 4 is 17.4 Å². The third kappa shape index (κ3) is 3.57. The highest BCUT2D eigenvalue weighted by atomic mass is 35.5. The molecule has 1 N–H and O–H groups in total. The molecule has 0 saturated carbocycles. The fourth-order valence-corrected chi connectivity index (χ4v) is 1.70. The Hall–Kier alpha value is -1.89. The largest absolute Gasteiger partial charge is 0.451 e. The standard InChI is InChI=1S/C12H10ClF3N4/c1-7-3-2-4-17-8(7)6-18-10-5-9(13)19-11(20-10)12(14,15)16/h2-5H,6H2,1H3,(H,18,19,20). The van der Waals surface area contributed by atoms with E-state index in [1.165, 1.54) is 6.07 Å². The molecule has 0 aliphatic rings. The summed E-state index contributed by atoms with van der Waals surface area (Å²) in [5.74, 6) is -1.27. The van der Waals surface area contributed by atoms with Crippen LogP contribution in [0.5, 0.6) is 0 Å². The van der Waals surface area contributed by atoms with Crippen molar-refractivity contribution in [3.63, 3.8) is 0 Å². The lowest BCUT2D eigenvalue weighted by Gasteiger charge is -2.10. The molecule has 0 saturated heterocycles. The van der Waals surface area contributed by atoms with E-state index in [0.29, 0.717) is 0 Å². The van der Waals surface area contributed by atoms with Crippen LogP contribution in [0.2, 0.25) is 5.15 Å². The maximum Gasteiger partial charge on any atom is 0.451 e. The lowest BCUT2D eigenvalue weighted by Crippen LogP contribution is -2.13. The third-order valence-electron chi connectivity index (χ3n) is 2.50. The fourth-order valence-electron chi connectivity index (χ4n) is 1.51. The summed E-state index contributed by atoms with van der Waals surface area (Å²) in [6, 6.07) is 4.87. The molecule has 0 aromatic carbocycles. The van der Waals surface area contributed by atoms with Crippen molar-refractivity contribution < 1.29 is 13.2 Å². The summed E-state index contributed by atoms with van der Waals surface area (Å²) in [6.07, 6.45) is -3.03. The number of hydrogen-bond acceptors (Lipinski definition) is 4. The molecule has 2 aromatic heterocycles. The van der Waals surface area contributed by atoms with Gasteiger partial charge in [0, 0.05) is 12.3 Å². The second-order valence-electron chi connectivity index (χ2n) is 4.02. The van der Waals surface area contributed by atoms with Gasteiger partial charge in [-0.25, -0.2) is 9.97 Å². The second-order valence-corrected chi connectivity index (χ2v) is 4.41. The monoisotopic (exact) mass is 302 g/mol. The first-order valence-corrected chi connectivity index (χ1v) is 6.00. The highest BCUT2D eigenvalue weighted by molar-refractivity contribution is 6.29. The average molecular weight is 303 g/mol. The summed E-state index contributed by atoms with van der Waals surface area (Å²) in [6.45, 7) is 2.11. The number of anilines is 1. The Labute approximate surface area is 118 Å². The van der Waals surface area contributed by atoms with E-state index in [4.69, 9.17) is 11.6 Å². The molecule has 0 fully saturated rings. The molecule has 8 heteroatoms. The molecule has 2 rings (SSSR count). The Morgan fingerprint density at radius 2 is 2.05 bits per heavy atom. The normalized spacial score (nSPS) is 11.4. The average Bonchev–Trinajstić information content (AvgIpc) is 2.36. The van der Waals surface area contributed by atoms with Crippen LogP contribution >= 0.6 is 11.6 Å². The van der Waals surface area contributed by atoms with Gasteiger partial charge in [-0.2, -0.15) is 13.2 Å². The van der Waals surface area contributed by atoms with Crippen molar-refractivity contribution in [1.82, 2.24) is 15.0 Å². The number of aryl methyl sites for hydroxylation is 1. The van der Waals surface area contributed by atoms with E-state index in [9.17, 15) is 13.2 Å². The topological polar surface area (TPSA) is 50.7 Å². The van der Waals surface area contributed by atoms with E-state index in [2.05, 4.69) is 20.3 Å². The molecule has 0 spiro atoms. The maximum atomic E-state index is 12.6. The van der Waals surface area contributed by atoms with E-state index in [1.54, 1.807) is 12.3 Å². The molecule has 0 bridgehead atoms. The molecule has 106 valence electrons. The number of rotatable bonds is 3. The van der Waals surface area contributed by atoms with Crippen LogP contribution in [0.25, 0.3) is 0 Å². The molecular formula is C12H10ClF3N4. The van der Waals surface area contributed by atoms with Crippen LogP contribution in [0.1, 0.15) is 17.1 Å². The summed E-state index contributed by atoms with van der Waals surface area (Å²) in [4.78, 5) is 10.7. The Morgan fingerprint density at radius 1 is 1.30 bits per heavy atom. The zero-order chi connectivity index (χ0) is 14.8. The van der Waals surface area contributed by atoms with Gasteiger partial charge >= 0.3 is 6.18 Å². The van der Waals surface area contributed by atoms with Crippen LogP contribution in [0.4, 0.5) is 19.0 Å². The zero-order valence-electron chi connectivity index (χ0n) is 10.4. The van der Waals surface area contributed by atoms with E-state index < -0.39 is 12.0 Å². The minimum absolute atomic E-state index is 0.00220. The summed E-state index contributed by atoms with van der Waals surface area (Å²) >= 11 is 5.56. The van der Waals surface area contributed by atoms with Crippen LogP contribution in [-0.2, 0) is 12.7 Å². The Bertz CT molecular complexity index is 616. The molecule has 4 nitrogen and oxygen atoms in total. The van der Waals surface area contributed by atoms with Crippen molar-refractivity contribution in [2.24, 2.45) is 0 Å². The predicted octanol–water partition coefficient (Wildman–Crippen LogP) is 3.46. The fraction of sp³-hybridized carbons (Fsp3) is 0.250. The Morgan fingerprint density at radius 3 is 2.70 bits per heavy atom. The zero-order valence-corrected chi connectivity index (χ0v) is 11.1. The number of hydrogen-bond donors (Lipinski definition) is 1. The minimum atomic E-state index is -4.64. The highest BCUT2D eigenvalue weighted by Gasteiger charge is 2.35. The minimum Gasteiger partial charge on any atom is -0.364 e. The molecule has 0 atom stereocenters. The molecular weight excluding hydrogens is 293 g/mol. The van der Waals surface area contributed by atoms with Crippen LogP contribution < -0.4 is 5.32 Å². The van der Waals surface area contributed by atoms with Gasteiger partial charge in [0.15, 0.2) is 0 Å². The maximum absolute atomic E-state index is 12.6. The Balaban J connectivity index is 2.18. The lowest BCUT2D eigenvalue weighted by molar-refractivity contribution is -0.144. The SMILES string of the molecule is Cc1cccnc1CNc1cc(Cl)nc(C(F)(F)F)n1. The first-order valence-electron chi connectivity index (χ1n) is 5.62. The van der Waals surface area contributed by atoms with Crippen LogP contribution in [0.3, 0.4) is 0 Å². The molecule has 0 unspecified atom stereocenters. The van der Waals surface area contributed by atoms with Crippen LogP contribution in [-0.4, -0.2) is 15.0 Å². The van der Waals surface area contributed by atoms with E-state index >= 15 is 0 Å². The summed E-state index contributed by atoms with van der Waals surface area (Å²) in [5, 5.41) is 2.49. The predicted molar refractivity (Wildman–Crippen MR) is 68.3 cm³/mol. The summed E-state index contributed by atoms with van der Waals surface area (Å²) < 4.78 is 37.7. The number of halogens is 4. The van der Waals surface area contributed by atoms with Gasteiger partial charge in [-0.15, -0.1) is 0 Å². The van der Waals surface area contributed by atoms with Crippen molar-refractivity contribution in [2.45, 2.75) is 19.6 Å². The van der Waals surface area contributed by atoms with Gasteiger partial charge in [-0.1, -0.05) is 17.7 Å². The molecule has 0 amide bonds. The van der Waals surface area contributed by atoms with Crippen molar-refractivity contribution in [1.29, 1.82) is 0 Å². The lowest BCUT2D eigenvalue weighted by atomic mass is 10.2. The van der Waals surface area contributed by atoms with E-state index in [-0.39, 0.29) is 17.5 Å². The van der Waals surface area contributed by atoms with Crippen molar-refractivity contribution in [2.75, 3.05) is 5.32 Å². The second kappa shape index (κ2) is 5.62. The van der Waals surface area contributed by atoms with Crippen LogP contribution in [0, 0.1) is 6.92 Å². The smallest absolute Gasteiger partial charge is 0.364 e. The Kier molecular flexibility index (Phi) is 4.08. The summed E-state index contributed by atoms with van der Waals surface area (Å²) in [5.41, 5.74) is 1.65. The third-order valence-corrected chi connectivity index (χ3v) is 2.70. The number of aromatic nitrogens is 3. The first kappa shape index (κ1) is 14.5. The van der Waals surface area contributed by atoms with E-state index in [1.807, 2.05) is 13.0 Å². The molecule has 2 aromatic rings. The van der Waals surface area contributed by atoms with Gasteiger partial charge in [0.1, 0.15) is 11.0 Å². The van der Waals surface area contributed by atoms with Crippen molar-refractivity contribution in [3.05, 3.63) is 46.6 Å². The van der Waals surface area contributed by atoms with Gasteiger partial charge in [0.05, 0.1) is 12.2 Å². The highest BCUT2D eigenvalue weighted by Crippen LogP contribution is 2.28. The molecule has 20 heavy (non-hydrogen) atoms. The van der Waals surface area contributed by atoms with Gasteiger partial charge in [0.25, 0.3) is 0 Å². The van der Waals surface area contributed by atoms with Crippen LogP contribution in [0.15, 0.2) is 24.4 Å². The summed E-state index contributed by atoms with van der Waals surface area (Å²) in [7, 11) is 0. The number of pyridine rings is 1. The first-order chi connectivity index (χ1) is 9.36. The molecule has 0 aliphatic heterocycles. The van der Waals surface area contributed by atoms with Gasteiger partial charge < -0.3 is 5.32 Å². The molecule has 0 radical (unpaired) electrons. The molecule has 0 aliphatic carbocycles. The van der Waals surface area contributed by atoms with Gasteiger partial charge in [-0.3, -0.25) is 4.98 Å². The number of nitrogens with zero attached hydrogens (tertiary/aromatic N) is 3. The molecule has 2 heterocycles. The number of nitrogens with one attached hydrogen (secondary N) is 1.